The van der Waals surface area contributed by atoms with Gasteiger partial charge in [0.05, 0.1) is 5.75 Å². The fourth-order valence-electron chi connectivity index (χ4n) is 2.68. The number of nitrogen functional groups attached to an aromatic ring is 1. The van der Waals surface area contributed by atoms with Crippen LogP contribution in [0.5, 0.6) is 0 Å². The molecule has 1 aromatic carbocycles. The maximum absolute atomic E-state index is 12.2. The Kier molecular flexibility index (Phi) is 4.39. The lowest BCUT2D eigenvalue weighted by atomic mass is 9.76. The van der Waals surface area contributed by atoms with Crippen molar-refractivity contribution in [3.05, 3.63) is 29.8 Å². The second kappa shape index (κ2) is 5.74. The fraction of sp³-hybridized carbons (Fsp3) is 0.600. The molecule has 112 valence electrons. The van der Waals surface area contributed by atoms with E-state index in [1.54, 1.807) is 12.1 Å². The number of rotatable bonds is 4. The molecule has 0 bridgehead atoms. The molecule has 0 unspecified atom stereocenters. The molecule has 4 nitrogen and oxygen atoms in total. The van der Waals surface area contributed by atoms with Gasteiger partial charge in [-0.1, -0.05) is 32.0 Å². The zero-order valence-corrected chi connectivity index (χ0v) is 13.0. The van der Waals surface area contributed by atoms with E-state index in [9.17, 15) is 8.42 Å². The van der Waals surface area contributed by atoms with Crippen molar-refractivity contribution < 1.29 is 8.42 Å². The summed E-state index contributed by atoms with van der Waals surface area (Å²) >= 11 is 0. The van der Waals surface area contributed by atoms with E-state index >= 15 is 0 Å². The third-order valence-electron chi connectivity index (χ3n) is 4.09. The number of hydrogen-bond donors (Lipinski definition) is 2. The largest absolute Gasteiger partial charge is 0.398 e. The standard InChI is InChI=1S/C15H24N2O2S/c1-15(2)9-7-13(8-10-15)17-20(18,19)11-12-5-3-4-6-14(12)16/h3-6,13,17H,7-11,16H2,1-2H3. The fourth-order valence-corrected chi connectivity index (χ4v) is 4.18. The summed E-state index contributed by atoms with van der Waals surface area (Å²) in [6.07, 6.45) is 3.95. The van der Waals surface area contributed by atoms with E-state index in [2.05, 4.69) is 18.6 Å². The van der Waals surface area contributed by atoms with Crippen LogP contribution in [0.3, 0.4) is 0 Å². The molecule has 0 saturated heterocycles. The van der Waals surface area contributed by atoms with E-state index in [4.69, 9.17) is 5.73 Å². The lowest BCUT2D eigenvalue weighted by Crippen LogP contribution is -2.39. The first-order chi connectivity index (χ1) is 9.27. The lowest BCUT2D eigenvalue weighted by Gasteiger charge is -2.34. The SMILES string of the molecule is CC1(C)CCC(NS(=O)(=O)Cc2ccccc2N)CC1. The highest BCUT2D eigenvalue weighted by atomic mass is 32.2. The minimum atomic E-state index is -3.32. The molecule has 0 aliphatic heterocycles. The van der Waals surface area contributed by atoms with Crippen molar-refractivity contribution >= 4 is 15.7 Å². The predicted molar refractivity (Wildman–Crippen MR) is 82.7 cm³/mol. The minimum absolute atomic E-state index is 0.0421. The molecule has 1 aliphatic rings. The number of benzene rings is 1. The number of para-hydroxylation sites is 1. The van der Waals surface area contributed by atoms with Crippen molar-refractivity contribution in [1.82, 2.24) is 4.72 Å². The number of nitrogens with one attached hydrogen (secondary N) is 1. The highest BCUT2D eigenvalue weighted by Crippen LogP contribution is 2.35. The molecule has 5 heteroatoms. The van der Waals surface area contributed by atoms with Crippen LogP contribution in [0.1, 0.15) is 45.1 Å². The van der Waals surface area contributed by atoms with Crippen molar-refractivity contribution in [3.63, 3.8) is 0 Å². The van der Waals surface area contributed by atoms with Gasteiger partial charge < -0.3 is 5.73 Å². The highest BCUT2D eigenvalue weighted by molar-refractivity contribution is 7.88. The average Bonchev–Trinajstić information content (AvgIpc) is 2.34. The Morgan fingerprint density at radius 1 is 1.25 bits per heavy atom. The van der Waals surface area contributed by atoms with E-state index in [0.717, 1.165) is 25.7 Å². The van der Waals surface area contributed by atoms with Crippen molar-refractivity contribution in [2.24, 2.45) is 5.41 Å². The molecular weight excluding hydrogens is 272 g/mol. The molecule has 1 saturated carbocycles. The molecule has 0 atom stereocenters. The van der Waals surface area contributed by atoms with Gasteiger partial charge in [0.25, 0.3) is 0 Å². The lowest BCUT2D eigenvalue weighted by molar-refractivity contribution is 0.218. The Morgan fingerprint density at radius 2 is 1.85 bits per heavy atom. The van der Waals surface area contributed by atoms with Gasteiger partial charge >= 0.3 is 0 Å². The van der Waals surface area contributed by atoms with Gasteiger partial charge in [0.2, 0.25) is 10.0 Å². The maximum atomic E-state index is 12.2. The van der Waals surface area contributed by atoms with E-state index in [1.165, 1.54) is 0 Å². The zero-order chi connectivity index (χ0) is 14.8. The van der Waals surface area contributed by atoms with E-state index in [1.807, 2.05) is 12.1 Å². The van der Waals surface area contributed by atoms with Crippen molar-refractivity contribution in [1.29, 1.82) is 0 Å². The van der Waals surface area contributed by atoms with E-state index in [-0.39, 0.29) is 11.8 Å². The Bertz CT molecular complexity index is 557. The van der Waals surface area contributed by atoms with Gasteiger partial charge in [-0.2, -0.15) is 0 Å². The van der Waals surface area contributed by atoms with Crippen LogP contribution in [0.4, 0.5) is 5.69 Å². The van der Waals surface area contributed by atoms with E-state index in [0.29, 0.717) is 16.7 Å². The monoisotopic (exact) mass is 296 g/mol. The summed E-state index contributed by atoms with van der Waals surface area (Å²) in [7, 11) is -3.32. The molecule has 0 radical (unpaired) electrons. The van der Waals surface area contributed by atoms with Crippen molar-refractivity contribution in [2.75, 3.05) is 5.73 Å². The van der Waals surface area contributed by atoms with Crippen LogP contribution in [-0.4, -0.2) is 14.5 Å². The van der Waals surface area contributed by atoms with Gasteiger partial charge in [-0.25, -0.2) is 13.1 Å². The molecule has 1 fully saturated rings. The first-order valence-electron chi connectivity index (χ1n) is 7.11. The number of hydrogen-bond acceptors (Lipinski definition) is 3. The normalized spacial score (nSPS) is 19.9. The van der Waals surface area contributed by atoms with Crippen LogP contribution < -0.4 is 10.5 Å². The number of anilines is 1. The number of nitrogens with two attached hydrogens (primary N) is 1. The Balaban J connectivity index is 1.97. The van der Waals surface area contributed by atoms with Crippen LogP contribution in [0.2, 0.25) is 0 Å². The summed E-state index contributed by atoms with van der Waals surface area (Å²) in [6.45, 7) is 4.48. The molecule has 3 N–H and O–H groups in total. The maximum Gasteiger partial charge on any atom is 0.216 e. The van der Waals surface area contributed by atoms with Crippen LogP contribution in [0.15, 0.2) is 24.3 Å². The van der Waals surface area contributed by atoms with Crippen LogP contribution >= 0.6 is 0 Å². The van der Waals surface area contributed by atoms with Crippen molar-refractivity contribution in [3.8, 4) is 0 Å². The van der Waals surface area contributed by atoms with Crippen LogP contribution in [0.25, 0.3) is 0 Å². The molecule has 0 aromatic heterocycles. The highest BCUT2D eigenvalue weighted by Gasteiger charge is 2.29. The van der Waals surface area contributed by atoms with Gasteiger partial charge in [-0.15, -0.1) is 0 Å². The summed E-state index contributed by atoms with van der Waals surface area (Å²) < 4.78 is 27.3. The Hall–Kier alpha value is -1.07. The molecule has 0 heterocycles. The van der Waals surface area contributed by atoms with Gasteiger partial charge in [0, 0.05) is 11.7 Å². The van der Waals surface area contributed by atoms with Crippen LogP contribution in [0, 0.1) is 5.41 Å². The second-order valence-corrected chi connectivity index (χ2v) is 8.27. The minimum Gasteiger partial charge on any atom is -0.398 e. The number of sulfonamides is 1. The summed E-state index contributed by atoms with van der Waals surface area (Å²) in [5.74, 6) is -0.0421. The molecular formula is C15H24N2O2S. The van der Waals surface area contributed by atoms with Crippen LogP contribution in [-0.2, 0) is 15.8 Å². The molecule has 20 heavy (non-hydrogen) atoms. The van der Waals surface area contributed by atoms with Crippen molar-refractivity contribution in [2.45, 2.75) is 51.3 Å². The second-order valence-electron chi connectivity index (χ2n) is 6.51. The summed E-state index contributed by atoms with van der Waals surface area (Å²) in [6, 6.07) is 7.18. The third-order valence-corrected chi connectivity index (χ3v) is 5.47. The molecule has 1 aromatic rings. The summed E-state index contributed by atoms with van der Waals surface area (Å²) in [5.41, 5.74) is 7.34. The third kappa shape index (κ3) is 4.21. The summed E-state index contributed by atoms with van der Waals surface area (Å²) in [5, 5.41) is 0. The topological polar surface area (TPSA) is 72.2 Å². The zero-order valence-electron chi connectivity index (χ0n) is 12.2. The summed E-state index contributed by atoms with van der Waals surface area (Å²) in [4.78, 5) is 0. The van der Waals surface area contributed by atoms with Gasteiger partial charge in [-0.05, 0) is 42.7 Å². The first kappa shape index (κ1) is 15.3. The van der Waals surface area contributed by atoms with E-state index < -0.39 is 10.0 Å². The Morgan fingerprint density at radius 3 is 2.45 bits per heavy atom. The predicted octanol–water partition coefficient (Wildman–Crippen LogP) is 2.66. The first-order valence-corrected chi connectivity index (χ1v) is 8.76. The molecule has 2 rings (SSSR count). The van der Waals surface area contributed by atoms with Gasteiger partial charge in [0.1, 0.15) is 0 Å². The van der Waals surface area contributed by atoms with Gasteiger partial charge in [0.15, 0.2) is 0 Å². The molecule has 1 aliphatic carbocycles. The smallest absolute Gasteiger partial charge is 0.216 e. The average molecular weight is 296 g/mol. The molecule has 0 amide bonds. The Labute approximate surface area is 121 Å². The molecule has 0 spiro atoms. The van der Waals surface area contributed by atoms with Gasteiger partial charge in [-0.3, -0.25) is 0 Å². The quantitative estimate of drug-likeness (QED) is 0.839.